The summed E-state index contributed by atoms with van der Waals surface area (Å²) in [5, 5.41) is 1.38. The molecule has 0 saturated carbocycles. The topological polar surface area (TPSA) is 17.4 Å². The molecule has 0 spiro atoms. The molecular formula is C23H36N2O. The van der Waals surface area contributed by atoms with Gasteiger partial charge in [0.1, 0.15) is 5.75 Å². The molecule has 3 rings (SSSR count). The van der Waals surface area contributed by atoms with Crippen LogP contribution in [-0.4, -0.2) is 29.7 Å². The molecule has 1 aromatic heterocycles. The summed E-state index contributed by atoms with van der Waals surface area (Å²) < 4.78 is 8.15. The number of nitrogens with zero attached hydrogens (tertiary/aromatic N) is 2. The summed E-state index contributed by atoms with van der Waals surface area (Å²) in [4.78, 5) is 2.62. The molecule has 144 valence electrons. The Hall–Kier alpha value is -1.48. The van der Waals surface area contributed by atoms with E-state index in [4.69, 9.17) is 4.74 Å². The van der Waals surface area contributed by atoms with Crippen LogP contribution in [-0.2, 0) is 13.1 Å². The van der Waals surface area contributed by atoms with E-state index in [-0.39, 0.29) is 0 Å². The Morgan fingerprint density at radius 3 is 2.50 bits per heavy atom. The third kappa shape index (κ3) is 4.82. The highest BCUT2D eigenvalue weighted by molar-refractivity contribution is 5.89. The van der Waals surface area contributed by atoms with Crippen LogP contribution in [0.1, 0.15) is 70.3 Å². The van der Waals surface area contributed by atoms with E-state index in [1.165, 1.54) is 87.3 Å². The smallest absolute Gasteiger partial charge is 0.143 e. The molecule has 0 bridgehead atoms. The fourth-order valence-corrected chi connectivity index (χ4v) is 4.29. The number of methoxy groups -OCH3 is 1. The average molecular weight is 357 g/mol. The number of ether oxygens (including phenoxy) is 1. The molecule has 0 N–H and O–H groups in total. The molecule has 1 saturated heterocycles. The first-order chi connectivity index (χ1) is 12.8. The highest BCUT2D eigenvalue weighted by Gasteiger charge is 2.16. The van der Waals surface area contributed by atoms with E-state index < -0.39 is 0 Å². The van der Waals surface area contributed by atoms with E-state index in [9.17, 15) is 0 Å². The Bertz CT molecular complexity index is 670. The van der Waals surface area contributed by atoms with Gasteiger partial charge in [-0.25, -0.2) is 0 Å². The van der Waals surface area contributed by atoms with Crippen molar-refractivity contribution < 1.29 is 4.74 Å². The van der Waals surface area contributed by atoms with Crippen LogP contribution in [0.15, 0.2) is 24.4 Å². The zero-order valence-corrected chi connectivity index (χ0v) is 16.8. The fourth-order valence-electron chi connectivity index (χ4n) is 4.29. The zero-order valence-electron chi connectivity index (χ0n) is 16.8. The monoisotopic (exact) mass is 356 g/mol. The van der Waals surface area contributed by atoms with Gasteiger partial charge in [-0.2, -0.15) is 0 Å². The predicted octanol–water partition coefficient (Wildman–Crippen LogP) is 6.00. The summed E-state index contributed by atoms with van der Waals surface area (Å²) in [7, 11) is 1.79. The predicted molar refractivity (Wildman–Crippen MR) is 111 cm³/mol. The molecule has 26 heavy (non-hydrogen) atoms. The number of benzene rings is 1. The highest BCUT2D eigenvalue weighted by Crippen LogP contribution is 2.31. The van der Waals surface area contributed by atoms with Crippen LogP contribution in [0.2, 0.25) is 0 Å². The number of hydrogen-bond donors (Lipinski definition) is 0. The second-order valence-electron chi connectivity index (χ2n) is 7.81. The van der Waals surface area contributed by atoms with E-state index in [1.807, 2.05) is 0 Å². The Morgan fingerprint density at radius 1 is 0.962 bits per heavy atom. The van der Waals surface area contributed by atoms with Crippen molar-refractivity contribution in [2.24, 2.45) is 0 Å². The lowest BCUT2D eigenvalue weighted by Gasteiger charge is -2.26. The molecule has 2 aromatic rings. The van der Waals surface area contributed by atoms with Crippen LogP contribution >= 0.6 is 0 Å². The Labute approximate surface area is 159 Å². The molecule has 1 aliphatic heterocycles. The minimum absolute atomic E-state index is 1.01. The minimum Gasteiger partial charge on any atom is -0.495 e. The van der Waals surface area contributed by atoms with Crippen LogP contribution in [0.3, 0.4) is 0 Å². The molecule has 0 unspecified atom stereocenters. The molecule has 0 radical (unpaired) electrons. The molecule has 3 nitrogen and oxygen atoms in total. The number of aromatic nitrogens is 1. The van der Waals surface area contributed by atoms with Gasteiger partial charge in [-0.15, -0.1) is 0 Å². The number of rotatable bonds is 10. The number of unbranched alkanes of at least 4 members (excludes halogenated alkanes) is 5. The van der Waals surface area contributed by atoms with Crippen molar-refractivity contribution in [1.82, 2.24) is 9.47 Å². The Kier molecular flexibility index (Phi) is 7.43. The minimum atomic E-state index is 1.01. The van der Waals surface area contributed by atoms with E-state index >= 15 is 0 Å². The van der Waals surface area contributed by atoms with Gasteiger partial charge in [-0.1, -0.05) is 57.6 Å². The van der Waals surface area contributed by atoms with Gasteiger partial charge in [0, 0.05) is 24.7 Å². The summed E-state index contributed by atoms with van der Waals surface area (Å²) in [6, 6.07) is 6.51. The van der Waals surface area contributed by atoms with Crippen molar-refractivity contribution in [3.05, 3.63) is 30.0 Å². The van der Waals surface area contributed by atoms with E-state index in [0.29, 0.717) is 0 Å². The van der Waals surface area contributed by atoms with Gasteiger partial charge < -0.3 is 9.30 Å². The molecular weight excluding hydrogens is 320 g/mol. The molecule has 2 heterocycles. The van der Waals surface area contributed by atoms with Gasteiger partial charge in [-0.3, -0.25) is 4.90 Å². The maximum Gasteiger partial charge on any atom is 0.143 e. The van der Waals surface area contributed by atoms with Crippen LogP contribution < -0.4 is 4.74 Å². The molecule has 0 aliphatic carbocycles. The quantitative estimate of drug-likeness (QED) is 0.486. The van der Waals surface area contributed by atoms with Crippen LogP contribution in [0.25, 0.3) is 10.9 Å². The lowest BCUT2D eigenvalue weighted by Crippen LogP contribution is -2.28. The van der Waals surface area contributed by atoms with Gasteiger partial charge in [0.25, 0.3) is 0 Å². The van der Waals surface area contributed by atoms with Gasteiger partial charge in [0.15, 0.2) is 0 Å². The number of piperidine rings is 1. The highest BCUT2D eigenvalue weighted by atomic mass is 16.5. The van der Waals surface area contributed by atoms with Crippen LogP contribution in [0, 0.1) is 0 Å². The SMILES string of the molecule is CCCCCCCCn1cc(CN2CCCCC2)c2cccc(OC)c21. The van der Waals surface area contributed by atoms with Gasteiger partial charge in [0.2, 0.25) is 0 Å². The number of para-hydroxylation sites is 1. The maximum absolute atomic E-state index is 5.70. The maximum atomic E-state index is 5.70. The second kappa shape index (κ2) is 10.0. The second-order valence-corrected chi connectivity index (χ2v) is 7.81. The normalized spacial score (nSPS) is 15.6. The van der Waals surface area contributed by atoms with E-state index in [0.717, 1.165) is 18.8 Å². The van der Waals surface area contributed by atoms with Crippen molar-refractivity contribution in [3.63, 3.8) is 0 Å². The molecule has 1 fully saturated rings. The number of aryl methyl sites for hydroxylation is 1. The van der Waals surface area contributed by atoms with Crippen LogP contribution in [0.5, 0.6) is 5.75 Å². The van der Waals surface area contributed by atoms with Crippen molar-refractivity contribution in [2.45, 2.75) is 77.8 Å². The van der Waals surface area contributed by atoms with Crippen LogP contribution in [0.4, 0.5) is 0 Å². The number of likely N-dealkylation sites (tertiary alicyclic amines) is 1. The lowest BCUT2D eigenvalue weighted by atomic mass is 10.1. The summed E-state index contributed by atoms with van der Waals surface area (Å²) in [5.41, 5.74) is 2.75. The first-order valence-electron chi connectivity index (χ1n) is 10.7. The van der Waals surface area contributed by atoms with Gasteiger partial charge >= 0.3 is 0 Å². The van der Waals surface area contributed by atoms with Gasteiger partial charge in [0.05, 0.1) is 12.6 Å². The fraction of sp³-hybridized carbons (Fsp3) is 0.652. The summed E-state index contributed by atoms with van der Waals surface area (Å²) >= 11 is 0. The Balaban J connectivity index is 1.73. The van der Waals surface area contributed by atoms with E-state index in [1.54, 1.807) is 7.11 Å². The summed E-state index contributed by atoms with van der Waals surface area (Å²) in [5.74, 6) is 1.01. The standard InChI is InChI=1S/C23H36N2O/c1-3-4-5-6-7-11-17-25-19-20(18-24-15-9-8-10-16-24)21-13-12-14-22(26-2)23(21)25/h12-14,19H,3-11,15-18H2,1-2H3. The van der Waals surface area contributed by atoms with E-state index in [2.05, 4.69) is 40.8 Å². The van der Waals surface area contributed by atoms with Crippen molar-refractivity contribution in [3.8, 4) is 5.75 Å². The Morgan fingerprint density at radius 2 is 1.73 bits per heavy atom. The number of hydrogen-bond acceptors (Lipinski definition) is 2. The van der Waals surface area contributed by atoms with Gasteiger partial charge in [-0.05, 0) is 44.0 Å². The third-order valence-corrected chi connectivity index (χ3v) is 5.76. The molecule has 1 aliphatic rings. The zero-order chi connectivity index (χ0) is 18.2. The van der Waals surface area contributed by atoms with Crippen molar-refractivity contribution >= 4 is 10.9 Å². The first kappa shape index (κ1) is 19.3. The molecule has 3 heteroatoms. The first-order valence-corrected chi connectivity index (χ1v) is 10.7. The van der Waals surface area contributed by atoms with Crippen molar-refractivity contribution in [2.75, 3.05) is 20.2 Å². The largest absolute Gasteiger partial charge is 0.495 e. The lowest BCUT2D eigenvalue weighted by molar-refractivity contribution is 0.221. The van der Waals surface area contributed by atoms with Crippen molar-refractivity contribution in [1.29, 1.82) is 0 Å². The summed E-state index contributed by atoms with van der Waals surface area (Å²) in [6.45, 7) is 6.94. The third-order valence-electron chi connectivity index (χ3n) is 5.76. The molecule has 0 amide bonds. The number of fused-ring (bicyclic) bond motifs is 1. The molecule has 0 atom stereocenters. The molecule has 1 aromatic carbocycles. The average Bonchev–Trinajstić information content (AvgIpc) is 3.03. The summed E-state index contributed by atoms with van der Waals surface area (Å²) in [6.07, 6.45) is 14.5.